The highest BCUT2D eigenvalue weighted by Crippen LogP contribution is 2.19. The molecule has 116 valence electrons. The monoisotopic (exact) mass is 310 g/mol. The van der Waals surface area contributed by atoms with Gasteiger partial charge in [-0.05, 0) is 36.6 Å². The molecule has 5 nitrogen and oxygen atoms in total. The van der Waals surface area contributed by atoms with Crippen LogP contribution in [-0.4, -0.2) is 32.4 Å². The van der Waals surface area contributed by atoms with Crippen LogP contribution in [0.3, 0.4) is 0 Å². The number of sulfonamides is 1. The predicted octanol–water partition coefficient (Wildman–Crippen LogP) is 2.65. The lowest BCUT2D eigenvalue weighted by atomic mass is 10.1. The standard InChI is InChI=1S/C15H22N2O3S/c1-4-17(11-10-16)21(18,19)15-7-5-14(6-8-15)20-12-9-13(2)3/h5-8,13H,4,9,11-12H2,1-3H3. The first-order valence-electron chi connectivity index (χ1n) is 7.01. The lowest BCUT2D eigenvalue weighted by molar-refractivity contribution is 0.289. The summed E-state index contributed by atoms with van der Waals surface area (Å²) in [5.74, 6) is 1.21. The van der Waals surface area contributed by atoms with Crippen LogP contribution in [0.2, 0.25) is 0 Å². The van der Waals surface area contributed by atoms with E-state index in [0.29, 0.717) is 18.3 Å². The molecule has 0 fully saturated rings. The molecule has 0 bridgehead atoms. The van der Waals surface area contributed by atoms with Crippen molar-refractivity contribution in [3.05, 3.63) is 24.3 Å². The minimum absolute atomic E-state index is 0.147. The molecule has 0 aromatic heterocycles. The molecule has 1 rings (SSSR count). The molecule has 0 unspecified atom stereocenters. The number of hydrogen-bond acceptors (Lipinski definition) is 4. The van der Waals surface area contributed by atoms with Gasteiger partial charge in [0.15, 0.2) is 0 Å². The van der Waals surface area contributed by atoms with Crippen LogP contribution in [0.25, 0.3) is 0 Å². The third-order valence-electron chi connectivity index (χ3n) is 3.03. The molecular formula is C15H22N2O3S. The zero-order valence-corrected chi connectivity index (χ0v) is 13.6. The molecule has 6 heteroatoms. The predicted molar refractivity (Wildman–Crippen MR) is 81.4 cm³/mol. The zero-order valence-electron chi connectivity index (χ0n) is 12.7. The first-order valence-corrected chi connectivity index (χ1v) is 8.45. The first-order chi connectivity index (χ1) is 9.91. The van der Waals surface area contributed by atoms with E-state index in [0.717, 1.165) is 10.7 Å². The fraction of sp³-hybridized carbons (Fsp3) is 0.533. The molecule has 0 saturated heterocycles. The van der Waals surface area contributed by atoms with Crippen molar-refractivity contribution in [2.75, 3.05) is 19.7 Å². The smallest absolute Gasteiger partial charge is 0.244 e. The molecule has 1 aromatic rings. The van der Waals surface area contributed by atoms with Crippen LogP contribution in [0.1, 0.15) is 27.2 Å². The van der Waals surface area contributed by atoms with Crippen molar-refractivity contribution in [3.8, 4) is 11.8 Å². The fourth-order valence-electron chi connectivity index (χ4n) is 1.71. The van der Waals surface area contributed by atoms with Crippen LogP contribution in [0.15, 0.2) is 29.2 Å². The number of nitriles is 1. The van der Waals surface area contributed by atoms with E-state index in [1.807, 2.05) is 6.07 Å². The lowest BCUT2D eigenvalue weighted by Gasteiger charge is -2.17. The van der Waals surface area contributed by atoms with E-state index in [9.17, 15) is 8.42 Å². The van der Waals surface area contributed by atoms with E-state index in [1.54, 1.807) is 19.1 Å². The molecule has 0 radical (unpaired) electrons. The van der Waals surface area contributed by atoms with E-state index >= 15 is 0 Å². The summed E-state index contributed by atoms with van der Waals surface area (Å²) in [4.78, 5) is 0.177. The largest absolute Gasteiger partial charge is 0.494 e. The van der Waals surface area contributed by atoms with Crippen molar-refractivity contribution < 1.29 is 13.2 Å². The molecule has 0 N–H and O–H groups in total. The molecule has 0 spiro atoms. The molecule has 0 aliphatic rings. The summed E-state index contributed by atoms with van der Waals surface area (Å²) in [5.41, 5.74) is 0. The minimum atomic E-state index is -3.61. The van der Waals surface area contributed by atoms with Gasteiger partial charge in [0.25, 0.3) is 0 Å². The number of rotatable bonds is 8. The Morgan fingerprint density at radius 1 is 1.29 bits per heavy atom. The summed E-state index contributed by atoms with van der Waals surface area (Å²) in [7, 11) is -3.61. The maximum Gasteiger partial charge on any atom is 0.244 e. The summed E-state index contributed by atoms with van der Waals surface area (Å²) >= 11 is 0. The van der Waals surface area contributed by atoms with Gasteiger partial charge in [0.1, 0.15) is 12.3 Å². The average Bonchev–Trinajstić information content (AvgIpc) is 2.44. The van der Waals surface area contributed by atoms with Gasteiger partial charge in [-0.25, -0.2) is 8.42 Å². The van der Waals surface area contributed by atoms with Crippen LogP contribution >= 0.6 is 0 Å². The maximum atomic E-state index is 12.3. The van der Waals surface area contributed by atoms with Crippen molar-refractivity contribution in [1.29, 1.82) is 5.26 Å². The Kier molecular flexibility index (Phi) is 6.66. The van der Waals surface area contributed by atoms with Crippen molar-refractivity contribution in [3.63, 3.8) is 0 Å². The Morgan fingerprint density at radius 2 is 1.90 bits per heavy atom. The summed E-state index contributed by atoms with van der Waals surface area (Å²) < 4.78 is 31.3. The molecule has 0 aliphatic carbocycles. The van der Waals surface area contributed by atoms with Gasteiger partial charge in [0.05, 0.1) is 17.6 Å². The average molecular weight is 310 g/mol. The topological polar surface area (TPSA) is 70.4 Å². The van der Waals surface area contributed by atoms with Crippen LogP contribution in [0.4, 0.5) is 0 Å². The second-order valence-corrected chi connectivity index (χ2v) is 7.03. The number of hydrogen-bond donors (Lipinski definition) is 0. The summed E-state index contributed by atoms with van der Waals surface area (Å²) in [6, 6.07) is 8.19. The van der Waals surface area contributed by atoms with Crippen molar-refractivity contribution in [2.45, 2.75) is 32.1 Å². The Morgan fingerprint density at radius 3 is 2.38 bits per heavy atom. The van der Waals surface area contributed by atoms with E-state index in [-0.39, 0.29) is 18.0 Å². The SMILES string of the molecule is CCN(CC#N)S(=O)(=O)c1ccc(OCCC(C)C)cc1. The molecule has 0 saturated carbocycles. The molecule has 0 aliphatic heterocycles. The quantitative estimate of drug-likeness (QED) is 0.692. The number of nitrogens with zero attached hydrogens (tertiary/aromatic N) is 2. The van der Waals surface area contributed by atoms with Gasteiger partial charge < -0.3 is 4.74 Å². The summed E-state index contributed by atoms with van der Waals surface area (Å²) in [6.07, 6.45) is 0.950. The lowest BCUT2D eigenvalue weighted by Crippen LogP contribution is -2.31. The number of benzene rings is 1. The normalized spacial score (nSPS) is 11.6. The van der Waals surface area contributed by atoms with E-state index in [1.165, 1.54) is 12.1 Å². The number of ether oxygens (including phenoxy) is 1. The van der Waals surface area contributed by atoms with Crippen molar-refractivity contribution in [1.82, 2.24) is 4.31 Å². The Balaban J connectivity index is 2.79. The minimum Gasteiger partial charge on any atom is -0.494 e. The third kappa shape index (κ3) is 5.03. The molecule has 0 heterocycles. The van der Waals surface area contributed by atoms with Crippen molar-refractivity contribution in [2.24, 2.45) is 5.92 Å². The second-order valence-electron chi connectivity index (χ2n) is 5.09. The fourth-order valence-corrected chi connectivity index (χ4v) is 3.06. The van der Waals surface area contributed by atoms with Gasteiger partial charge in [0.2, 0.25) is 10.0 Å². The molecule has 21 heavy (non-hydrogen) atoms. The van der Waals surface area contributed by atoms with Crippen LogP contribution in [0.5, 0.6) is 5.75 Å². The Labute approximate surface area is 127 Å². The zero-order chi connectivity index (χ0) is 15.9. The third-order valence-corrected chi connectivity index (χ3v) is 4.96. The first kappa shape index (κ1) is 17.5. The van der Waals surface area contributed by atoms with E-state index < -0.39 is 10.0 Å². The summed E-state index contributed by atoms with van der Waals surface area (Å²) in [5, 5.41) is 8.69. The van der Waals surface area contributed by atoms with Gasteiger partial charge in [-0.15, -0.1) is 0 Å². The molecule has 0 atom stereocenters. The van der Waals surface area contributed by atoms with Gasteiger partial charge in [0, 0.05) is 6.54 Å². The van der Waals surface area contributed by atoms with E-state index in [4.69, 9.17) is 10.00 Å². The van der Waals surface area contributed by atoms with Gasteiger partial charge >= 0.3 is 0 Å². The molecular weight excluding hydrogens is 288 g/mol. The molecule has 0 amide bonds. The Bertz CT molecular complexity index is 574. The van der Waals surface area contributed by atoms with E-state index in [2.05, 4.69) is 13.8 Å². The van der Waals surface area contributed by atoms with Gasteiger partial charge in [-0.1, -0.05) is 20.8 Å². The van der Waals surface area contributed by atoms with Crippen LogP contribution in [0, 0.1) is 17.2 Å². The second kappa shape index (κ2) is 8.01. The maximum absolute atomic E-state index is 12.3. The van der Waals surface area contributed by atoms with Crippen molar-refractivity contribution >= 4 is 10.0 Å². The van der Waals surface area contributed by atoms with Crippen LogP contribution < -0.4 is 4.74 Å². The summed E-state index contributed by atoms with van der Waals surface area (Å²) in [6.45, 7) is 6.67. The molecule has 1 aromatic carbocycles. The van der Waals surface area contributed by atoms with Gasteiger partial charge in [-0.2, -0.15) is 9.57 Å². The highest BCUT2D eigenvalue weighted by Gasteiger charge is 2.22. The van der Waals surface area contributed by atoms with Gasteiger partial charge in [-0.3, -0.25) is 0 Å². The highest BCUT2D eigenvalue weighted by atomic mass is 32.2. The van der Waals surface area contributed by atoms with Crippen LogP contribution in [-0.2, 0) is 10.0 Å². The Hall–Kier alpha value is -1.58. The highest BCUT2D eigenvalue weighted by molar-refractivity contribution is 7.89.